The van der Waals surface area contributed by atoms with E-state index in [1.165, 1.54) is 5.69 Å². The van der Waals surface area contributed by atoms with E-state index in [0.29, 0.717) is 12.5 Å². The Hall–Kier alpha value is -1.99. The van der Waals surface area contributed by atoms with E-state index in [-0.39, 0.29) is 11.9 Å². The Balaban J connectivity index is 1.40. The maximum Gasteiger partial charge on any atom is 0.239 e. The van der Waals surface area contributed by atoms with Gasteiger partial charge < -0.3 is 20.4 Å². The van der Waals surface area contributed by atoms with Crippen molar-refractivity contribution in [1.29, 1.82) is 0 Å². The molecule has 2 aliphatic heterocycles. The van der Waals surface area contributed by atoms with Crippen LogP contribution in [0.2, 0.25) is 5.02 Å². The van der Waals surface area contributed by atoms with Crippen molar-refractivity contribution in [3.8, 4) is 0 Å². The third kappa shape index (κ3) is 5.76. The van der Waals surface area contributed by atoms with Crippen LogP contribution in [-0.2, 0) is 4.79 Å². The molecule has 0 spiro atoms. The second kappa shape index (κ2) is 10.2. The number of aliphatic imine (C=N–C) groups is 1. The standard InChI is InChI=1S/C21H33ClN6O/c1-25(2)20(29)19-5-3-11-27(19)12-4-10-24-21(23)28-15-13-26(14-16-28)18-8-6-17(22)7-9-18/h6-9,19H,3-5,10-16H2,1-2H3,(H2,23,24). The molecule has 0 aliphatic carbocycles. The molecule has 0 saturated carbocycles. The van der Waals surface area contributed by atoms with Crippen LogP contribution in [0.4, 0.5) is 5.69 Å². The van der Waals surface area contributed by atoms with Gasteiger partial charge in [-0.3, -0.25) is 14.7 Å². The molecule has 2 heterocycles. The second-order valence-corrected chi connectivity index (χ2v) is 8.41. The second-order valence-electron chi connectivity index (χ2n) is 7.97. The summed E-state index contributed by atoms with van der Waals surface area (Å²) in [5.41, 5.74) is 7.42. The molecule has 3 rings (SSSR count). The average molecular weight is 421 g/mol. The maximum absolute atomic E-state index is 12.3. The van der Waals surface area contributed by atoms with Crippen LogP contribution < -0.4 is 10.6 Å². The van der Waals surface area contributed by atoms with Gasteiger partial charge in [0.15, 0.2) is 5.96 Å². The van der Waals surface area contributed by atoms with E-state index in [9.17, 15) is 4.79 Å². The third-order valence-electron chi connectivity index (χ3n) is 5.76. The van der Waals surface area contributed by atoms with Crippen LogP contribution >= 0.6 is 11.6 Å². The van der Waals surface area contributed by atoms with Gasteiger partial charge in [-0.1, -0.05) is 11.6 Å². The number of hydrogen-bond acceptors (Lipinski definition) is 4. The van der Waals surface area contributed by atoms with Gasteiger partial charge >= 0.3 is 0 Å². The van der Waals surface area contributed by atoms with Gasteiger partial charge in [0.05, 0.1) is 6.04 Å². The first-order chi connectivity index (χ1) is 14.0. The summed E-state index contributed by atoms with van der Waals surface area (Å²) in [5, 5.41) is 0.759. The lowest BCUT2D eigenvalue weighted by Gasteiger charge is -2.36. The first-order valence-electron chi connectivity index (χ1n) is 10.5. The first-order valence-corrected chi connectivity index (χ1v) is 10.8. The molecule has 0 radical (unpaired) electrons. The van der Waals surface area contributed by atoms with Crippen molar-refractivity contribution >= 4 is 29.2 Å². The average Bonchev–Trinajstić information content (AvgIpc) is 3.19. The number of nitrogens with zero attached hydrogens (tertiary/aromatic N) is 5. The lowest BCUT2D eigenvalue weighted by molar-refractivity contribution is -0.133. The molecule has 160 valence electrons. The number of piperazine rings is 1. The largest absolute Gasteiger partial charge is 0.370 e. The highest BCUT2D eigenvalue weighted by molar-refractivity contribution is 6.30. The summed E-state index contributed by atoms with van der Waals surface area (Å²) < 4.78 is 0. The zero-order valence-corrected chi connectivity index (χ0v) is 18.3. The zero-order valence-electron chi connectivity index (χ0n) is 17.6. The number of benzene rings is 1. The highest BCUT2D eigenvalue weighted by atomic mass is 35.5. The van der Waals surface area contributed by atoms with Crippen molar-refractivity contribution in [3.05, 3.63) is 29.3 Å². The normalized spacial score (nSPS) is 20.9. The topological polar surface area (TPSA) is 68.4 Å². The van der Waals surface area contributed by atoms with Gasteiger partial charge in [-0.25, -0.2) is 0 Å². The minimum absolute atomic E-state index is 0.0345. The van der Waals surface area contributed by atoms with Crippen molar-refractivity contribution in [2.45, 2.75) is 25.3 Å². The zero-order chi connectivity index (χ0) is 20.8. The lowest BCUT2D eigenvalue weighted by Crippen LogP contribution is -2.51. The molecule has 0 aromatic heterocycles. The summed E-state index contributed by atoms with van der Waals surface area (Å²) in [6.07, 6.45) is 2.97. The van der Waals surface area contributed by atoms with Crippen molar-refractivity contribution < 1.29 is 4.79 Å². The van der Waals surface area contributed by atoms with Gasteiger partial charge in [-0.05, 0) is 50.1 Å². The van der Waals surface area contributed by atoms with Gasteiger partial charge in [0.2, 0.25) is 5.91 Å². The van der Waals surface area contributed by atoms with E-state index in [0.717, 1.165) is 63.6 Å². The van der Waals surface area contributed by atoms with Crippen LogP contribution in [0, 0.1) is 0 Å². The number of hydrogen-bond donors (Lipinski definition) is 1. The van der Waals surface area contributed by atoms with Gasteiger partial charge in [-0.15, -0.1) is 0 Å². The maximum atomic E-state index is 12.3. The van der Waals surface area contributed by atoms with Gasteiger partial charge in [0, 0.05) is 64.1 Å². The van der Waals surface area contributed by atoms with Crippen molar-refractivity contribution in [3.63, 3.8) is 0 Å². The Labute approximate surface area is 179 Å². The molecular weight excluding hydrogens is 388 g/mol. The number of carbonyl (C=O) groups is 1. The smallest absolute Gasteiger partial charge is 0.239 e. The number of guanidine groups is 1. The number of likely N-dealkylation sites (tertiary alicyclic amines) is 1. The van der Waals surface area contributed by atoms with Crippen LogP contribution in [0.1, 0.15) is 19.3 Å². The molecule has 2 fully saturated rings. The predicted molar refractivity (Wildman–Crippen MR) is 120 cm³/mol. The number of halogens is 1. The molecule has 1 aromatic carbocycles. The van der Waals surface area contributed by atoms with Crippen LogP contribution in [0.5, 0.6) is 0 Å². The Kier molecular flexibility index (Phi) is 7.61. The fraction of sp³-hybridized carbons (Fsp3) is 0.619. The SMILES string of the molecule is CN(C)C(=O)C1CCCN1CCCN=C(N)N1CCN(c2ccc(Cl)cc2)CC1. The van der Waals surface area contributed by atoms with Gasteiger partial charge in [0.25, 0.3) is 0 Å². The fourth-order valence-corrected chi connectivity index (χ4v) is 4.21. The van der Waals surface area contributed by atoms with Crippen LogP contribution in [0.3, 0.4) is 0 Å². The molecular formula is C21H33ClN6O. The van der Waals surface area contributed by atoms with E-state index in [1.54, 1.807) is 4.90 Å². The molecule has 29 heavy (non-hydrogen) atoms. The van der Waals surface area contributed by atoms with E-state index in [4.69, 9.17) is 17.3 Å². The summed E-state index contributed by atoms with van der Waals surface area (Å²) >= 11 is 5.97. The highest BCUT2D eigenvalue weighted by Gasteiger charge is 2.31. The molecule has 8 heteroatoms. The van der Waals surface area contributed by atoms with E-state index >= 15 is 0 Å². The molecule has 1 aromatic rings. The number of rotatable bonds is 6. The molecule has 2 saturated heterocycles. The monoisotopic (exact) mass is 420 g/mol. The number of anilines is 1. The number of likely N-dealkylation sites (N-methyl/N-ethyl adjacent to an activating group) is 1. The molecule has 1 amide bonds. The quantitative estimate of drug-likeness (QED) is 0.431. The van der Waals surface area contributed by atoms with E-state index in [2.05, 4.69) is 31.8 Å². The minimum atomic E-state index is 0.0345. The van der Waals surface area contributed by atoms with Crippen molar-refractivity contribution in [2.24, 2.45) is 10.7 Å². The summed E-state index contributed by atoms with van der Waals surface area (Å²) in [7, 11) is 3.66. The molecule has 1 unspecified atom stereocenters. The number of amides is 1. The van der Waals surface area contributed by atoms with Gasteiger partial charge in [-0.2, -0.15) is 0 Å². The Bertz CT molecular complexity index is 700. The summed E-state index contributed by atoms with van der Waals surface area (Å²) in [5.74, 6) is 0.840. The predicted octanol–water partition coefficient (Wildman–Crippen LogP) is 1.72. The lowest BCUT2D eigenvalue weighted by atomic mass is 10.2. The number of nitrogens with two attached hydrogens (primary N) is 1. The fourth-order valence-electron chi connectivity index (χ4n) is 4.08. The third-order valence-corrected chi connectivity index (χ3v) is 6.01. The minimum Gasteiger partial charge on any atom is -0.370 e. The summed E-state index contributed by atoms with van der Waals surface area (Å²) in [6.45, 7) is 6.15. The first kappa shape index (κ1) is 21.7. The Morgan fingerprint density at radius 2 is 1.86 bits per heavy atom. The molecule has 1 atom stereocenters. The van der Waals surface area contributed by atoms with Crippen molar-refractivity contribution in [2.75, 3.05) is 64.8 Å². The molecule has 2 N–H and O–H groups in total. The van der Waals surface area contributed by atoms with Crippen LogP contribution in [0.25, 0.3) is 0 Å². The Morgan fingerprint density at radius 1 is 1.17 bits per heavy atom. The molecule has 2 aliphatic rings. The molecule has 0 bridgehead atoms. The van der Waals surface area contributed by atoms with Crippen LogP contribution in [-0.4, -0.2) is 92.5 Å². The van der Waals surface area contributed by atoms with Crippen molar-refractivity contribution in [1.82, 2.24) is 14.7 Å². The highest BCUT2D eigenvalue weighted by Crippen LogP contribution is 2.20. The number of carbonyl (C=O) groups excluding carboxylic acids is 1. The van der Waals surface area contributed by atoms with Crippen LogP contribution in [0.15, 0.2) is 29.3 Å². The van der Waals surface area contributed by atoms with E-state index in [1.807, 2.05) is 26.2 Å². The molecule has 7 nitrogen and oxygen atoms in total. The Morgan fingerprint density at radius 3 is 2.52 bits per heavy atom. The summed E-state index contributed by atoms with van der Waals surface area (Å²) in [4.78, 5) is 25.3. The van der Waals surface area contributed by atoms with E-state index < -0.39 is 0 Å². The summed E-state index contributed by atoms with van der Waals surface area (Å²) in [6, 6.07) is 8.00. The van der Waals surface area contributed by atoms with Gasteiger partial charge in [0.1, 0.15) is 0 Å².